The van der Waals surface area contributed by atoms with Gasteiger partial charge in [0.1, 0.15) is 15.9 Å². The topological polar surface area (TPSA) is 23.1 Å². The average Bonchev–Trinajstić information content (AvgIpc) is 3.01. The maximum atomic E-state index is 10.3. The van der Waals surface area contributed by atoms with Crippen molar-refractivity contribution in [3.8, 4) is 16.9 Å². The van der Waals surface area contributed by atoms with Gasteiger partial charge in [-0.2, -0.15) is 0 Å². The fraction of sp³-hybridized carbons (Fsp3) is 0. The third-order valence-corrected chi connectivity index (χ3v) is 8.54. The standard InChI is InChI=1S/C18H15P.C12H10.C6H6O/c1-4-10-16(11-5-1)19(17-12-6-2-7-13-17)18-14-8-3-9-15-18;1-3-7-11(8-4-1)12-9-5-2-6-10-12;7-6-4-2-1-3-5-6/h1-15H;1-10H;1-5,7H. The van der Waals surface area contributed by atoms with E-state index in [4.69, 9.17) is 0 Å². The zero-order valence-electron chi connectivity index (χ0n) is 21.2. The third-order valence-electron chi connectivity index (χ3n) is 5.81. The number of hydrogen-bond donors (Lipinski definition) is 0. The van der Waals surface area contributed by atoms with Crippen LogP contribution in [0.25, 0.3) is 11.1 Å². The van der Waals surface area contributed by atoms with Gasteiger partial charge in [-0.05, 0) is 47.5 Å². The molecule has 0 heterocycles. The monoisotopic (exact) mass is 510 g/mol. The Balaban J connectivity index is 0.000000150. The molecule has 6 aromatic rings. The smallest absolute Gasteiger partial charge is 0.102 e. The highest BCUT2D eigenvalue weighted by Crippen LogP contribution is 2.32. The van der Waals surface area contributed by atoms with Crippen molar-refractivity contribution in [2.45, 2.75) is 0 Å². The summed E-state index contributed by atoms with van der Waals surface area (Å²) in [4.78, 5) is 0. The Morgan fingerprint density at radius 1 is 0.289 bits per heavy atom. The van der Waals surface area contributed by atoms with Crippen LogP contribution >= 0.6 is 7.92 Å². The minimum atomic E-state index is -0.877. The van der Waals surface area contributed by atoms with Crippen molar-refractivity contribution in [2.24, 2.45) is 0 Å². The molecule has 0 amide bonds. The van der Waals surface area contributed by atoms with Crippen LogP contribution in [0.1, 0.15) is 0 Å². The van der Waals surface area contributed by atoms with E-state index in [0.29, 0.717) is 0 Å². The molecule has 2 heteroatoms. The van der Waals surface area contributed by atoms with E-state index in [1.54, 1.807) is 12.1 Å². The summed E-state index contributed by atoms with van der Waals surface area (Å²) in [6.45, 7) is 0. The Labute approximate surface area is 227 Å². The van der Waals surface area contributed by atoms with E-state index in [1.807, 2.05) is 18.2 Å². The molecule has 0 aliphatic rings. The zero-order chi connectivity index (χ0) is 26.3. The van der Waals surface area contributed by atoms with Crippen molar-refractivity contribution in [2.75, 3.05) is 0 Å². The molecule has 0 fully saturated rings. The van der Waals surface area contributed by atoms with E-state index in [9.17, 15) is 5.11 Å². The van der Waals surface area contributed by atoms with Gasteiger partial charge >= 0.3 is 0 Å². The lowest BCUT2D eigenvalue weighted by Gasteiger charge is -2.10. The molecule has 1 nitrogen and oxygen atoms in total. The summed E-state index contributed by atoms with van der Waals surface area (Å²) in [7, 11) is -0.877. The van der Waals surface area contributed by atoms with Crippen LogP contribution in [-0.2, 0) is 0 Å². The number of para-hydroxylation sites is 1. The van der Waals surface area contributed by atoms with E-state index in [1.165, 1.54) is 39.2 Å². The van der Waals surface area contributed by atoms with Gasteiger partial charge in [-0.1, -0.05) is 146 Å². The summed E-state index contributed by atoms with van der Waals surface area (Å²) < 4.78 is 0. The van der Waals surface area contributed by atoms with Gasteiger partial charge in [0, 0.05) is 0 Å². The first kappa shape index (κ1) is 26.6. The van der Waals surface area contributed by atoms with Crippen molar-refractivity contribution in [3.05, 3.63) is 182 Å². The highest BCUT2D eigenvalue weighted by atomic mass is 31.1. The lowest BCUT2D eigenvalue weighted by Crippen LogP contribution is -2.20. The zero-order valence-corrected chi connectivity index (χ0v) is 22.2. The first-order valence-corrected chi connectivity index (χ1v) is 14.2. The lowest BCUT2D eigenvalue weighted by molar-refractivity contribution is -0.268. The lowest BCUT2D eigenvalue weighted by atomic mass is 10.1. The molecule has 0 radical (unpaired) electrons. The summed E-state index contributed by atoms with van der Waals surface area (Å²) in [5.74, 6) is 0.0718. The van der Waals surface area contributed by atoms with Crippen LogP contribution in [0.15, 0.2) is 182 Å². The van der Waals surface area contributed by atoms with E-state index in [0.717, 1.165) is 0 Å². The SMILES string of the molecule is [O-]c1ccccc1.c1ccc(-c2ccccc2)cc1.c1ccc([PH+](c2ccccc2)c2ccccc2)cc1. The predicted molar refractivity (Wildman–Crippen MR) is 164 cm³/mol. The maximum absolute atomic E-state index is 10.3. The summed E-state index contributed by atoms with van der Waals surface area (Å²) in [5.41, 5.74) is 2.55. The number of benzene rings is 6. The Bertz CT molecular complexity index is 1290. The van der Waals surface area contributed by atoms with Gasteiger partial charge in [0.15, 0.2) is 0 Å². The molecule has 0 saturated carbocycles. The van der Waals surface area contributed by atoms with Crippen molar-refractivity contribution in [1.82, 2.24) is 0 Å². The quantitative estimate of drug-likeness (QED) is 0.228. The molecule has 6 aromatic carbocycles. The summed E-state index contributed by atoms with van der Waals surface area (Å²) in [6.07, 6.45) is 0. The minimum absolute atomic E-state index is 0.0718. The first-order chi connectivity index (χ1) is 18.8. The Kier molecular flexibility index (Phi) is 10.5. The van der Waals surface area contributed by atoms with Crippen LogP contribution in [0.5, 0.6) is 5.75 Å². The molecule has 0 aliphatic carbocycles. The van der Waals surface area contributed by atoms with Gasteiger partial charge in [-0.15, -0.1) is 5.75 Å². The van der Waals surface area contributed by atoms with Gasteiger partial charge in [-0.25, -0.2) is 0 Å². The van der Waals surface area contributed by atoms with Crippen LogP contribution in [0.3, 0.4) is 0 Å². The molecule has 0 atom stereocenters. The van der Waals surface area contributed by atoms with E-state index >= 15 is 0 Å². The molecule has 186 valence electrons. The second kappa shape index (κ2) is 15.0. The second-order valence-electron chi connectivity index (χ2n) is 8.52. The first-order valence-electron chi connectivity index (χ1n) is 12.7. The largest absolute Gasteiger partial charge is 0.872 e. The van der Waals surface area contributed by atoms with Crippen LogP contribution in [-0.4, -0.2) is 0 Å². The third kappa shape index (κ3) is 8.30. The molecule has 0 spiro atoms. The Hall–Kier alpha value is -4.45. The number of hydrogen-bond acceptors (Lipinski definition) is 1. The van der Waals surface area contributed by atoms with Gasteiger partial charge < -0.3 is 5.11 Å². The molecule has 0 bridgehead atoms. The highest BCUT2D eigenvalue weighted by molar-refractivity contribution is 7.79. The van der Waals surface area contributed by atoms with Crippen LogP contribution < -0.4 is 21.0 Å². The van der Waals surface area contributed by atoms with E-state index in [2.05, 4.69) is 140 Å². The van der Waals surface area contributed by atoms with Crippen molar-refractivity contribution >= 4 is 23.8 Å². The Morgan fingerprint density at radius 3 is 0.763 bits per heavy atom. The van der Waals surface area contributed by atoms with Gasteiger partial charge in [0.2, 0.25) is 0 Å². The summed E-state index contributed by atoms with van der Waals surface area (Å²) >= 11 is 0. The van der Waals surface area contributed by atoms with Crippen LogP contribution in [0, 0.1) is 0 Å². The Morgan fingerprint density at radius 2 is 0.526 bits per heavy atom. The van der Waals surface area contributed by atoms with Crippen molar-refractivity contribution in [3.63, 3.8) is 0 Å². The molecular formula is C36H31OP. The van der Waals surface area contributed by atoms with Gasteiger partial charge in [0.05, 0.1) is 7.92 Å². The van der Waals surface area contributed by atoms with E-state index < -0.39 is 7.92 Å². The molecule has 0 N–H and O–H groups in total. The molecule has 0 aliphatic heterocycles. The average molecular weight is 511 g/mol. The second-order valence-corrected chi connectivity index (χ2v) is 11.0. The summed E-state index contributed by atoms with van der Waals surface area (Å²) in [5, 5.41) is 14.6. The summed E-state index contributed by atoms with van der Waals surface area (Å²) in [6, 6.07) is 61.6. The molecule has 6 rings (SSSR count). The normalized spacial score (nSPS) is 9.92. The number of rotatable bonds is 4. The molecule has 0 saturated heterocycles. The van der Waals surface area contributed by atoms with Crippen LogP contribution in [0.2, 0.25) is 0 Å². The molecular weight excluding hydrogens is 479 g/mol. The molecule has 0 unspecified atom stereocenters. The fourth-order valence-corrected chi connectivity index (χ4v) is 6.57. The van der Waals surface area contributed by atoms with Gasteiger partial charge in [0.25, 0.3) is 0 Å². The predicted octanol–water partition coefficient (Wildman–Crippen LogP) is 7.29. The van der Waals surface area contributed by atoms with Gasteiger partial charge in [-0.3, -0.25) is 0 Å². The van der Waals surface area contributed by atoms with Crippen molar-refractivity contribution in [1.29, 1.82) is 0 Å². The maximum Gasteiger partial charge on any atom is 0.102 e. The van der Waals surface area contributed by atoms with Crippen LogP contribution in [0.4, 0.5) is 0 Å². The minimum Gasteiger partial charge on any atom is -0.872 e. The molecule has 0 aromatic heterocycles. The molecule has 38 heavy (non-hydrogen) atoms. The van der Waals surface area contributed by atoms with E-state index in [-0.39, 0.29) is 5.75 Å². The van der Waals surface area contributed by atoms with Crippen molar-refractivity contribution < 1.29 is 5.11 Å². The fourth-order valence-electron chi connectivity index (χ4n) is 4.00. The highest BCUT2D eigenvalue weighted by Gasteiger charge is 2.24.